The summed E-state index contributed by atoms with van der Waals surface area (Å²) in [5.74, 6) is 2.13. The topological polar surface area (TPSA) is 35.0 Å². The summed E-state index contributed by atoms with van der Waals surface area (Å²) in [7, 11) is 0. The molecular weight excluding hydrogens is 260 g/mol. The molecule has 19 heavy (non-hydrogen) atoms. The zero-order valence-corrected chi connectivity index (χ0v) is 12.3. The molecule has 3 nitrogen and oxygen atoms in total. The number of hydrogen-bond acceptors (Lipinski definition) is 3. The predicted octanol–water partition coefficient (Wildman–Crippen LogP) is 4.66. The Hall–Kier alpha value is -1.61. The molecule has 0 atom stereocenters. The molecule has 100 valence electrons. The van der Waals surface area contributed by atoms with Crippen molar-refractivity contribution in [1.82, 2.24) is 9.97 Å². The molecule has 1 heterocycles. The van der Waals surface area contributed by atoms with Gasteiger partial charge in [0.2, 0.25) is 5.88 Å². The molecule has 1 aromatic carbocycles. The largest absolute Gasteiger partial charge is 0.439 e. The summed E-state index contributed by atoms with van der Waals surface area (Å²) in [4.78, 5) is 8.54. The minimum atomic E-state index is 0.209. The molecule has 0 aliphatic carbocycles. The Balaban J connectivity index is 2.29. The number of ether oxygens (including phenoxy) is 1. The van der Waals surface area contributed by atoms with Gasteiger partial charge < -0.3 is 4.74 Å². The number of hydrogen-bond donors (Lipinski definition) is 0. The monoisotopic (exact) mass is 276 g/mol. The second-order valence-corrected chi connectivity index (χ2v) is 5.28. The van der Waals surface area contributed by atoms with E-state index in [9.17, 15) is 0 Å². The van der Waals surface area contributed by atoms with Crippen LogP contribution in [0.1, 0.15) is 36.7 Å². The van der Waals surface area contributed by atoms with Crippen LogP contribution >= 0.6 is 11.6 Å². The SMILES string of the molecule is Cc1ccc(Oc2cc(Cl)nc(C(C)C)n2)cc1C. The molecule has 0 spiro atoms. The summed E-state index contributed by atoms with van der Waals surface area (Å²) >= 11 is 5.99. The highest BCUT2D eigenvalue weighted by atomic mass is 35.5. The Bertz CT molecular complexity index is 597. The number of benzene rings is 1. The zero-order chi connectivity index (χ0) is 14.0. The highest BCUT2D eigenvalue weighted by Gasteiger charge is 2.09. The second kappa shape index (κ2) is 5.57. The molecule has 0 radical (unpaired) electrons. The molecule has 2 rings (SSSR count). The van der Waals surface area contributed by atoms with Gasteiger partial charge in [0.25, 0.3) is 0 Å². The van der Waals surface area contributed by atoms with Crippen molar-refractivity contribution < 1.29 is 4.74 Å². The Kier molecular flexibility index (Phi) is 4.05. The third-order valence-electron chi connectivity index (χ3n) is 2.91. The molecule has 0 bridgehead atoms. The summed E-state index contributed by atoms with van der Waals surface area (Å²) in [6.07, 6.45) is 0. The van der Waals surface area contributed by atoms with E-state index in [-0.39, 0.29) is 5.92 Å². The van der Waals surface area contributed by atoms with Crippen molar-refractivity contribution in [3.8, 4) is 11.6 Å². The molecule has 0 saturated carbocycles. The van der Waals surface area contributed by atoms with E-state index in [0.29, 0.717) is 16.9 Å². The molecule has 0 aliphatic rings. The Morgan fingerprint density at radius 1 is 1.05 bits per heavy atom. The third kappa shape index (κ3) is 3.44. The summed E-state index contributed by atoms with van der Waals surface area (Å²) in [5, 5.41) is 0.400. The smallest absolute Gasteiger partial charge is 0.224 e. The molecule has 0 aliphatic heterocycles. The lowest BCUT2D eigenvalue weighted by atomic mass is 10.1. The van der Waals surface area contributed by atoms with Crippen molar-refractivity contribution >= 4 is 11.6 Å². The van der Waals surface area contributed by atoms with Crippen LogP contribution in [0.2, 0.25) is 5.15 Å². The first-order chi connectivity index (χ1) is 8.95. The lowest BCUT2D eigenvalue weighted by Crippen LogP contribution is -1.99. The maximum Gasteiger partial charge on any atom is 0.224 e. The average Bonchev–Trinajstić information content (AvgIpc) is 2.33. The van der Waals surface area contributed by atoms with Crippen LogP contribution < -0.4 is 4.74 Å². The van der Waals surface area contributed by atoms with Crippen LogP contribution in [0.3, 0.4) is 0 Å². The highest BCUT2D eigenvalue weighted by molar-refractivity contribution is 6.29. The van der Waals surface area contributed by atoms with E-state index in [2.05, 4.69) is 23.8 Å². The van der Waals surface area contributed by atoms with Crippen molar-refractivity contribution in [3.63, 3.8) is 0 Å². The van der Waals surface area contributed by atoms with Gasteiger partial charge in [-0.2, -0.15) is 4.98 Å². The molecule has 4 heteroatoms. The van der Waals surface area contributed by atoms with Gasteiger partial charge in [-0.15, -0.1) is 0 Å². The van der Waals surface area contributed by atoms with Gasteiger partial charge in [0.15, 0.2) is 0 Å². The van der Waals surface area contributed by atoms with E-state index in [1.54, 1.807) is 6.07 Å². The van der Waals surface area contributed by atoms with Crippen molar-refractivity contribution in [2.75, 3.05) is 0 Å². The lowest BCUT2D eigenvalue weighted by Gasteiger charge is -2.10. The molecule has 0 fully saturated rings. The minimum Gasteiger partial charge on any atom is -0.439 e. The summed E-state index contributed by atoms with van der Waals surface area (Å²) in [6, 6.07) is 7.56. The van der Waals surface area contributed by atoms with Crippen LogP contribution in [0.5, 0.6) is 11.6 Å². The average molecular weight is 277 g/mol. The van der Waals surface area contributed by atoms with E-state index >= 15 is 0 Å². The summed E-state index contributed by atoms with van der Waals surface area (Å²) < 4.78 is 5.75. The van der Waals surface area contributed by atoms with Gasteiger partial charge in [-0.25, -0.2) is 4.98 Å². The van der Waals surface area contributed by atoms with Crippen LogP contribution in [0.4, 0.5) is 0 Å². The van der Waals surface area contributed by atoms with Gasteiger partial charge in [0, 0.05) is 12.0 Å². The normalized spacial score (nSPS) is 10.8. The van der Waals surface area contributed by atoms with E-state index in [1.807, 2.05) is 32.0 Å². The van der Waals surface area contributed by atoms with Crippen molar-refractivity contribution in [1.29, 1.82) is 0 Å². The number of aromatic nitrogens is 2. The van der Waals surface area contributed by atoms with Gasteiger partial charge in [-0.1, -0.05) is 31.5 Å². The first-order valence-electron chi connectivity index (χ1n) is 6.25. The standard InChI is InChI=1S/C15H17ClN2O/c1-9(2)15-17-13(16)8-14(18-15)19-12-6-5-10(3)11(4)7-12/h5-9H,1-4H3. The lowest BCUT2D eigenvalue weighted by molar-refractivity contribution is 0.456. The first-order valence-corrected chi connectivity index (χ1v) is 6.63. The van der Waals surface area contributed by atoms with Crippen molar-refractivity contribution in [3.05, 3.63) is 46.4 Å². The third-order valence-corrected chi connectivity index (χ3v) is 3.10. The van der Waals surface area contributed by atoms with E-state index < -0.39 is 0 Å². The van der Waals surface area contributed by atoms with Crippen molar-refractivity contribution in [2.45, 2.75) is 33.6 Å². The summed E-state index contributed by atoms with van der Waals surface area (Å²) in [5.41, 5.74) is 2.41. The molecule has 0 amide bonds. The molecule has 1 aromatic heterocycles. The quantitative estimate of drug-likeness (QED) is 0.765. The van der Waals surface area contributed by atoms with Gasteiger partial charge in [-0.3, -0.25) is 0 Å². The van der Waals surface area contributed by atoms with Gasteiger partial charge in [0.1, 0.15) is 16.7 Å². The fourth-order valence-corrected chi connectivity index (χ4v) is 1.80. The fraction of sp³-hybridized carbons (Fsp3) is 0.333. The number of rotatable bonds is 3. The van der Waals surface area contributed by atoms with E-state index in [1.165, 1.54) is 11.1 Å². The molecule has 0 unspecified atom stereocenters. The Morgan fingerprint density at radius 2 is 1.79 bits per heavy atom. The highest BCUT2D eigenvalue weighted by Crippen LogP contribution is 2.25. The fourth-order valence-electron chi connectivity index (χ4n) is 1.62. The number of halogens is 1. The minimum absolute atomic E-state index is 0.209. The molecule has 0 saturated heterocycles. The molecule has 0 N–H and O–H groups in total. The number of nitrogens with zero attached hydrogens (tertiary/aromatic N) is 2. The molecular formula is C15H17ClN2O. The summed E-state index contributed by atoms with van der Waals surface area (Å²) in [6.45, 7) is 8.16. The maximum absolute atomic E-state index is 5.99. The van der Waals surface area contributed by atoms with Crippen LogP contribution in [0.25, 0.3) is 0 Å². The van der Waals surface area contributed by atoms with Crippen LogP contribution in [-0.4, -0.2) is 9.97 Å². The van der Waals surface area contributed by atoms with Gasteiger partial charge in [0.05, 0.1) is 0 Å². The van der Waals surface area contributed by atoms with Crippen LogP contribution in [-0.2, 0) is 0 Å². The number of aryl methyl sites for hydroxylation is 2. The maximum atomic E-state index is 5.99. The molecule has 2 aromatic rings. The first kappa shape index (κ1) is 13.8. The van der Waals surface area contributed by atoms with Gasteiger partial charge in [-0.05, 0) is 37.1 Å². The second-order valence-electron chi connectivity index (χ2n) is 4.89. The van der Waals surface area contributed by atoms with Crippen molar-refractivity contribution in [2.24, 2.45) is 0 Å². The Morgan fingerprint density at radius 3 is 2.42 bits per heavy atom. The van der Waals surface area contributed by atoms with Gasteiger partial charge >= 0.3 is 0 Å². The predicted molar refractivity (Wildman–Crippen MR) is 77.1 cm³/mol. The van der Waals surface area contributed by atoms with E-state index in [4.69, 9.17) is 16.3 Å². The Labute approximate surface area is 118 Å². The van der Waals surface area contributed by atoms with Crippen LogP contribution in [0, 0.1) is 13.8 Å². The van der Waals surface area contributed by atoms with Crippen LogP contribution in [0.15, 0.2) is 24.3 Å². The van der Waals surface area contributed by atoms with E-state index in [0.717, 1.165) is 5.75 Å². The zero-order valence-electron chi connectivity index (χ0n) is 11.6.